The zero-order valence-electron chi connectivity index (χ0n) is 10.3. The zero-order valence-corrected chi connectivity index (χ0v) is 13.5. The molecule has 20 heavy (non-hydrogen) atoms. The molecule has 100 valence electrons. The van der Waals surface area contributed by atoms with Gasteiger partial charge in [0.25, 0.3) is 0 Å². The number of halogens is 2. The standard InChI is InChI=1S/C16H10Br2O2/c17-13-5-1-11(2-6-13)15(19)9-10-16(20)12-3-7-14(18)8-4-12/h1-10H. The highest BCUT2D eigenvalue weighted by atomic mass is 79.9. The molecule has 0 aliphatic rings. The molecule has 2 aromatic carbocycles. The number of ketones is 2. The molecule has 0 N–H and O–H groups in total. The van der Waals surface area contributed by atoms with Gasteiger partial charge in [-0.3, -0.25) is 9.59 Å². The molecule has 0 radical (unpaired) electrons. The van der Waals surface area contributed by atoms with E-state index in [1.54, 1.807) is 48.5 Å². The predicted molar refractivity (Wildman–Crippen MR) is 86.1 cm³/mol. The average molecular weight is 394 g/mol. The molecular formula is C16H10Br2O2. The second kappa shape index (κ2) is 6.77. The predicted octanol–water partition coefficient (Wildman–Crippen LogP) is 4.83. The molecule has 0 saturated carbocycles. The van der Waals surface area contributed by atoms with E-state index in [0.29, 0.717) is 11.1 Å². The van der Waals surface area contributed by atoms with Crippen LogP contribution in [0.25, 0.3) is 0 Å². The molecule has 2 aromatic rings. The number of carbonyl (C=O) groups excluding carboxylic acids is 2. The molecule has 4 heteroatoms. The normalized spacial score (nSPS) is 10.7. The van der Waals surface area contributed by atoms with Gasteiger partial charge in [0, 0.05) is 20.1 Å². The molecule has 0 bridgehead atoms. The van der Waals surface area contributed by atoms with E-state index in [0.717, 1.165) is 8.95 Å². The van der Waals surface area contributed by atoms with Crippen molar-refractivity contribution in [1.82, 2.24) is 0 Å². The molecule has 0 fully saturated rings. The summed E-state index contributed by atoms with van der Waals surface area (Å²) in [4.78, 5) is 23.8. The van der Waals surface area contributed by atoms with Crippen LogP contribution < -0.4 is 0 Å². The lowest BCUT2D eigenvalue weighted by Gasteiger charge is -1.97. The van der Waals surface area contributed by atoms with E-state index in [-0.39, 0.29) is 11.6 Å². The Labute approximate surface area is 133 Å². The van der Waals surface area contributed by atoms with Crippen LogP contribution in [-0.4, -0.2) is 11.6 Å². The van der Waals surface area contributed by atoms with Crippen LogP contribution in [0, 0.1) is 0 Å². The van der Waals surface area contributed by atoms with E-state index in [1.807, 2.05) is 0 Å². The molecule has 0 amide bonds. The van der Waals surface area contributed by atoms with Gasteiger partial charge in [-0.2, -0.15) is 0 Å². The van der Waals surface area contributed by atoms with E-state index < -0.39 is 0 Å². The molecule has 0 saturated heterocycles. The maximum absolute atomic E-state index is 11.9. The Bertz CT molecular complexity index is 596. The molecule has 0 aromatic heterocycles. The number of rotatable bonds is 4. The maximum Gasteiger partial charge on any atom is 0.185 e. The monoisotopic (exact) mass is 392 g/mol. The summed E-state index contributed by atoms with van der Waals surface area (Å²) in [5, 5.41) is 0. The summed E-state index contributed by atoms with van der Waals surface area (Å²) in [5.41, 5.74) is 1.10. The Kier molecular flexibility index (Phi) is 5.04. The first-order valence-corrected chi connectivity index (χ1v) is 7.43. The van der Waals surface area contributed by atoms with E-state index in [1.165, 1.54) is 12.2 Å². The van der Waals surface area contributed by atoms with Gasteiger partial charge in [-0.05, 0) is 60.7 Å². The Hall–Kier alpha value is -1.52. The lowest BCUT2D eigenvalue weighted by molar-refractivity contribution is 0.102. The van der Waals surface area contributed by atoms with Crippen LogP contribution >= 0.6 is 31.9 Å². The van der Waals surface area contributed by atoms with Crippen molar-refractivity contribution in [2.75, 3.05) is 0 Å². The molecule has 0 spiro atoms. The third-order valence-corrected chi connectivity index (χ3v) is 3.70. The molecular weight excluding hydrogens is 384 g/mol. The lowest BCUT2D eigenvalue weighted by atomic mass is 10.1. The molecule has 2 rings (SSSR count). The third kappa shape index (κ3) is 3.99. The number of allylic oxidation sites excluding steroid dienone is 2. The topological polar surface area (TPSA) is 34.1 Å². The van der Waals surface area contributed by atoms with Crippen molar-refractivity contribution in [3.8, 4) is 0 Å². The molecule has 0 heterocycles. The lowest BCUT2D eigenvalue weighted by Crippen LogP contribution is -1.98. The Balaban J connectivity index is 2.09. The number of hydrogen-bond donors (Lipinski definition) is 0. The van der Waals surface area contributed by atoms with Gasteiger partial charge in [-0.15, -0.1) is 0 Å². The van der Waals surface area contributed by atoms with Crippen molar-refractivity contribution < 1.29 is 9.59 Å². The van der Waals surface area contributed by atoms with Gasteiger partial charge >= 0.3 is 0 Å². The fraction of sp³-hybridized carbons (Fsp3) is 0. The number of hydrogen-bond acceptors (Lipinski definition) is 2. The van der Waals surface area contributed by atoms with Crippen LogP contribution in [0.1, 0.15) is 20.7 Å². The second-order valence-corrected chi connectivity index (χ2v) is 5.91. The summed E-state index contributed by atoms with van der Waals surface area (Å²) < 4.78 is 1.81. The largest absolute Gasteiger partial charge is 0.289 e. The summed E-state index contributed by atoms with van der Waals surface area (Å²) in [6.45, 7) is 0. The highest BCUT2D eigenvalue weighted by molar-refractivity contribution is 9.10. The Morgan fingerprint density at radius 1 is 0.650 bits per heavy atom. The smallest absolute Gasteiger partial charge is 0.185 e. The van der Waals surface area contributed by atoms with Crippen LogP contribution in [0.2, 0.25) is 0 Å². The SMILES string of the molecule is O=C(C=CC(=O)c1ccc(Br)cc1)c1ccc(Br)cc1. The fourth-order valence-electron chi connectivity index (χ4n) is 1.57. The van der Waals surface area contributed by atoms with E-state index in [2.05, 4.69) is 31.9 Å². The van der Waals surface area contributed by atoms with Crippen molar-refractivity contribution in [3.63, 3.8) is 0 Å². The van der Waals surface area contributed by atoms with Crippen LogP contribution in [0.4, 0.5) is 0 Å². The third-order valence-electron chi connectivity index (χ3n) is 2.64. The summed E-state index contributed by atoms with van der Waals surface area (Å²) in [7, 11) is 0. The minimum Gasteiger partial charge on any atom is -0.289 e. The summed E-state index contributed by atoms with van der Waals surface area (Å²) in [6.07, 6.45) is 2.60. The highest BCUT2D eigenvalue weighted by Gasteiger charge is 2.04. The van der Waals surface area contributed by atoms with E-state index >= 15 is 0 Å². The van der Waals surface area contributed by atoms with Gasteiger partial charge in [0.1, 0.15) is 0 Å². The molecule has 2 nitrogen and oxygen atoms in total. The van der Waals surface area contributed by atoms with Gasteiger partial charge in [-0.1, -0.05) is 31.9 Å². The number of carbonyl (C=O) groups is 2. The second-order valence-electron chi connectivity index (χ2n) is 4.08. The molecule has 0 aliphatic carbocycles. The van der Waals surface area contributed by atoms with Crippen molar-refractivity contribution >= 4 is 43.4 Å². The van der Waals surface area contributed by atoms with Crippen molar-refractivity contribution in [2.45, 2.75) is 0 Å². The average Bonchev–Trinajstić information content (AvgIpc) is 2.46. The number of benzene rings is 2. The van der Waals surface area contributed by atoms with Crippen LogP contribution in [0.15, 0.2) is 69.6 Å². The van der Waals surface area contributed by atoms with Gasteiger partial charge in [0.15, 0.2) is 11.6 Å². The first kappa shape index (κ1) is 14.9. The Morgan fingerprint density at radius 3 is 1.25 bits per heavy atom. The van der Waals surface area contributed by atoms with E-state index in [4.69, 9.17) is 0 Å². The van der Waals surface area contributed by atoms with Crippen molar-refractivity contribution in [1.29, 1.82) is 0 Å². The summed E-state index contributed by atoms with van der Waals surface area (Å²) in [5.74, 6) is -0.383. The maximum atomic E-state index is 11.9. The van der Waals surface area contributed by atoms with Gasteiger partial charge in [0.05, 0.1) is 0 Å². The fourth-order valence-corrected chi connectivity index (χ4v) is 2.10. The first-order valence-electron chi connectivity index (χ1n) is 5.84. The minimum atomic E-state index is -0.192. The van der Waals surface area contributed by atoms with Crippen molar-refractivity contribution in [3.05, 3.63) is 80.8 Å². The van der Waals surface area contributed by atoms with Crippen LogP contribution in [0.3, 0.4) is 0 Å². The van der Waals surface area contributed by atoms with Gasteiger partial charge in [0.2, 0.25) is 0 Å². The first-order chi connectivity index (χ1) is 9.56. The van der Waals surface area contributed by atoms with Crippen molar-refractivity contribution in [2.24, 2.45) is 0 Å². The Morgan fingerprint density at radius 2 is 0.950 bits per heavy atom. The van der Waals surface area contributed by atoms with Crippen LogP contribution in [0.5, 0.6) is 0 Å². The van der Waals surface area contributed by atoms with Crippen LogP contribution in [-0.2, 0) is 0 Å². The summed E-state index contributed by atoms with van der Waals surface area (Å²) >= 11 is 6.61. The molecule has 0 aliphatic heterocycles. The van der Waals surface area contributed by atoms with E-state index in [9.17, 15) is 9.59 Å². The quantitative estimate of drug-likeness (QED) is 0.550. The summed E-state index contributed by atoms with van der Waals surface area (Å²) in [6, 6.07) is 14.0. The molecule has 0 unspecified atom stereocenters. The zero-order chi connectivity index (χ0) is 14.5. The minimum absolute atomic E-state index is 0.192. The van der Waals surface area contributed by atoms with Gasteiger partial charge in [-0.25, -0.2) is 0 Å². The van der Waals surface area contributed by atoms with Gasteiger partial charge < -0.3 is 0 Å². The molecule has 0 atom stereocenters. The highest BCUT2D eigenvalue weighted by Crippen LogP contribution is 2.13.